The Balaban J connectivity index is 1.76. The number of thiazole rings is 1. The van der Waals surface area contributed by atoms with Crippen molar-refractivity contribution in [1.29, 1.82) is 0 Å². The molecule has 1 heterocycles. The quantitative estimate of drug-likeness (QED) is 0.892. The molecule has 1 aromatic carbocycles. The van der Waals surface area contributed by atoms with E-state index in [1.807, 2.05) is 25.1 Å². The highest BCUT2D eigenvalue weighted by molar-refractivity contribution is 7.18. The summed E-state index contributed by atoms with van der Waals surface area (Å²) in [5, 5.41) is 4.04. The SMILES string of the molecule is Cc1nc2ccc(NC(=O)C3CCCCC3N)cc2s1. The lowest BCUT2D eigenvalue weighted by molar-refractivity contribution is -0.121. The van der Waals surface area contributed by atoms with E-state index in [0.717, 1.165) is 46.6 Å². The molecule has 1 fully saturated rings. The number of nitrogens with zero attached hydrogens (tertiary/aromatic N) is 1. The maximum absolute atomic E-state index is 12.3. The monoisotopic (exact) mass is 289 g/mol. The molecule has 0 bridgehead atoms. The maximum atomic E-state index is 12.3. The van der Waals surface area contributed by atoms with Crippen LogP contribution in [-0.2, 0) is 4.79 Å². The van der Waals surface area contributed by atoms with Gasteiger partial charge in [0, 0.05) is 11.7 Å². The molecular formula is C15H19N3OS. The largest absolute Gasteiger partial charge is 0.327 e. The fraction of sp³-hybridized carbons (Fsp3) is 0.467. The molecule has 0 spiro atoms. The molecule has 1 saturated carbocycles. The van der Waals surface area contributed by atoms with Crippen LogP contribution in [0, 0.1) is 12.8 Å². The van der Waals surface area contributed by atoms with Gasteiger partial charge in [0.1, 0.15) is 0 Å². The van der Waals surface area contributed by atoms with Gasteiger partial charge in [-0.2, -0.15) is 0 Å². The van der Waals surface area contributed by atoms with Gasteiger partial charge < -0.3 is 11.1 Å². The summed E-state index contributed by atoms with van der Waals surface area (Å²) in [6.07, 6.45) is 4.08. The van der Waals surface area contributed by atoms with Crippen LogP contribution in [0.15, 0.2) is 18.2 Å². The first kappa shape index (κ1) is 13.5. The van der Waals surface area contributed by atoms with E-state index in [-0.39, 0.29) is 17.9 Å². The molecule has 0 saturated heterocycles. The normalized spacial score (nSPS) is 22.9. The molecule has 2 atom stereocenters. The van der Waals surface area contributed by atoms with E-state index in [9.17, 15) is 4.79 Å². The van der Waals surface area contributed by atoms with Gasteiger partial charge in [-0.05, 0) is 38.0 Å². The number of fused-ring (bicyclic) bond motifs is 1. The molecule has 1 aliphatic rings. The number of hydrogen-bond acceptors (Lipinski definition) is 4. The number of benzene rings is 1. The Morgan fingerprint density at radius 2 is 2.20 bits per heavy atom. The van der Waals surface area contributed by atoms with E-state index in [2.05, 4.69) is 10.3 Å². The van der Waals surface area contributed by atoms with Crippen LogP contribution in [0.3, 0.4) is 0 Å². The summed E-state index contributed by atoms with van der Waals surface area (Å²) < 4.78 is 1.10. The average Bonchev–Trinajstić information content (AvgIpc) is 2.78. The van der Waals surface area contributed by atoms with Gasteiger partial charge >= 0.3 is 0 Å². The number of nitrogens with one attached hydrogen (secondary N) is 1. The number of aromatic nitrogens is 1. The van der Waals surface area contributed by atoms with Crippen LogP contribution in [0.4, 0.5) is 5.69 Å². The summed E-state index contributed by atoms with van der Waals surface area (Å²) in [6.45, 7) is 1.99. The van der Waals surface area contributed by atoms with Gasteiger partial charge in [0.05, 0.1) is 21.1 Å². The van der Waals surface area contributed by atoms with E-state index < -0.39 is 0 Å². The average molecular weight is 289 g/mol. The second kappa shape index (κ2) is 5.50. The lowest BCUT2D eigenvalue weighted by Gasteiger charge is -2.27. The van der Waals surface area contributed by atoms with Crippen LogP contribution >= 0.6 is 11.3 Å². The molecule has 0 radical (unpaired) electrons. The van der Waals surface area contributed by atoms with Crippen molar-refractivity contribution >= 4 is 33.1 Å². The first-order chi connectivity index (χ1) is 9.63. The minimum absolute atomic E-state index is 0.00173. The third kappa shape index (κ3) is 2.69. The van der Waals surface area contributed by atoms with E-state index in [1.54, 1.807) is 11.3 Å². The summed E-state index contributed by atoms with van der Waals surface area (Å²) in [7, 11) is 0. The second-order valence-electron chi connectivity index (χ2n) is 5.46. The molecule has 2 unspecified atom stereocenters. The Bertz CT molecular complexity index is 637. The van der Waals surface area contributed by atoms with Gasteiger partial charge in [-0.25, -0.2) is 4.98 Å². The van der Waals surface area contributed by atoms with Crippen molar-refractivity contribution in [2.75, 3.05) is 5.32 Å². The third-order valence-corrected chi connectivity index (χ3v) is 4.85. The van der Waals surface area contributed by atoms with Crippen LogP contribution < -0.4 is 11.1 Å². The summed E-state index contributed by atoms with van der Waals surface area (Å²) in [5.74, 6) is 0.000399. The maximum Gasteiger partial charge on any atom is 0.229 e. The van der Waals surface area contributed by atoms with Gasteiger partial charge in [0.15, 0.2) is 0 Å². The fourth-order valence-corrected chi connectivity index (χ4v) is 3.70. The topological polar surface area (TPSA) is 68.0 Å². The van der Waals surface area contributed by atoms with Crippen LogP contribution in [0.25, 0.3) is 10.2 Å². The minimum Gasteiger partial charge on any atom is -0.327 e. The molecular weight excluding hydrogens is 270 g/mol. The Hall–Kier alpha value is -1.46. The summed E-state index contributed by atoms with van der Waals surface area (Å²) in [4.78, 5) is 16.7. The van der Waals surface area contributed by atoms with Crippen molar-refractivity contribution in [3.8, 4) is 0 Å². The van der Waals surface area contributed by atoms with Gasteiger partial charge in [-0.3, -0.25) is 4.79 Å². The zero-order chi connectivity index (χ0) is 14.1. The van der Waals surface area contributed by atoms with Crippen LogP contribution in [0.2, 0.25) is 0 Å². The molecule has 1 amide bonds. The van der Waals surface area contributed by atoms with Gasteiger partial charge in [-0.15, -0.1) is 11.3 Å². The molecule has 20 heavy (non-hydrogen) atoms. The predicted molar refractivity (Wildman–Crippen MR) is 82.9 cm³/mol. The van der Waals surface area contributed by atoms with E-state index in [0.29, 0.717) is 0 Å². The summed E-state index contributed by atoms with van der Waals surface area (Å²) in [5.41, 5.74) is 7.88. The van der Waals surface area contributed by atoms with Crippen molar-refractivity contribution in [3.63, 3.8) is 0 Å². The number of nitrogens with two attached hydrogens (primary N) is 1. The number of aryl methyl sites for hydroxylation is 1. The van der Waals surface area contributed by atoms with Gasteiger partial charge in [0.25, 0.3) is 0 Å². The molecule has 2 aromatic rings. The number of carbonyl (C=O) groups excluding carboxylic acids is 1. The van der Waals surface area contributed by atoms with Crippen molar-refractivity contribution < 1.29 is 4.79 Å². The zero-order valence-electron chi connectivity index (χ0n) is 11.6. The molecule has 1 aliphatic carbocycles. The predicted octanol–water partition coefficient (Wildman–Crippen LogP) is 3.06. The lowest BCUT2D eigenvalue weighted by Crippen LogP contribution is -2.40. The molecule has 1 aromatic heterocycles. The van der Waals surface area contributed by atoms with E-state index in [1.165, 1.54) is 0 Å². The van der Waals surface area contributed by atoms with Gasteiger partial charge in [0.2, 0.25) is 5.91 Å². The van der Waals surface area contributed by atoms with Crippen molar-refractivity contribution in [3.05, 3.63) is 23.2 Å². The first-order valence-corrected chi connectivity index (χ1v) is 7.89. The molecule has 3 N–H and O–H groups in total. The smallest absolute Gasteiger partial charge is 0.229 e. The van der Waals surface area contributed by atoms with Crippen LogP contribution in [-0.4, -0.2) is 16.9 Å². The second-order valence-corrected chi connectivity index (χ2v) is 6.69. The van der Waals surface area contributed by atoms with E-state index in [4.69, 9.17) is 5.73 Å². The third-order valence-electron chi connectivity index (χ3n) is 3.92. The number of hydrogen-bond donors (Lipinski definition) is 2. The van der Waals surface area contributed by atoms with Crippen LogP contribution in [0.1, 0.15) is 30.7 Å². The van der Waals surface area contributed by atoms with Crippen LogP contribution in [0.5, 0.6) is 0 Å². The Morgan fingerprint density at radius 1 is 1.40 bits per heavy atom. The molecule has 4 nitrogen and oxygen atoms in total. The molecule has 106 valence electrons. The fourth-order valence-electron chi connectivity index (χ4n) is 2.84. The Labute approximate surface area is 122 Å². The van der Waals surface area contributed by atoms with Crippen molar-refractivity contribution in [2.24, 2.45) is 11.7 Å². The molecule has 3 rings (SSSR count). The van der Waals surface area contributed by atoms with Crippen molar-refractivity contribution in [2.45, 2.75) is 38.6 Å². The molecule has 5 heteroatoms. The van der Waals surface area contributed by atoms with E-state index >= 15 is 0 Å². The lowest BCUT2D eigenvalue weighted by atomic mass is 9.84. The summed E-state index contributed by atoms with van der Waals surface area (Å²) >= 11 is 1.64. The highest BCUT2D eigenvalue weighted by atomic mass is 32.1. The van der Waals surface area contributed by atoms with Crippen molar-refractivity contribution in [1.82, 2.24) is 4.98 Å². The highest BCUT2D eigenvalue weighted by Gasteiger charge is 2.28. The molecule has 0 aliphatic heterocycles. The zero-order valence-corrected chi connectivity index (χ0v) is 12.4. The number of anilines is 1. The first-order valence-electron chi connectivity index (χ1n) is 7.07. The number of amides is 1. The summed E-state index contributed by atoms with van der Waals surface area (Å²) in [6, 6.07) is 5.85. The number of carbonyl (C=O) groups is 1. The highest BCUT2D eigenvalue weighted by Crippen LogP contribution is 2.27. The Morgan fingerprint density at radius 3 is 3.00 bits per heavy atom. The number of rotatable bonds is 2. The Kier molecular flexibility index (Phi) is 3.72. The standard InChI is InChI=1S/C15H19N3OS/c1-9-17-13-7-6-10(8-14(13)20-9)18-15(19)11-4-2-3-5-12(11)16/h6-8,11-12H,2-5,16H2,1H3,(H,18,19). The minimum atomic E-state index is -0.0531. The van der Waals surface area contributed by atoms with Gasteiger partial charge in [-0.1, -0.05) is 12.8 Å².